The summed E-state index contributed by atoms with van der Waals surface area (Å²) in [5.74, 6) is 1.82. The van der Waals surface area contributed by atoms with E-state index >= 15 is 0 Å². The number of para-hydroxylation sites is 1. The minimum absolute atomic E-state index is 0.576. The van der Waals surface area contributed by atoms with Crippen LogP contribution in [0.15, 0.2) is 188 Å². The van der Waals surface area contributed by atoms with E-state index in [1.807, 2.05) is 36.4 Å². The normalized spacial score (nSPS) is 11.9. The van der Waals surface area contributed by atoms with Gasteiger partial charge < -0.3 is 4.57 Å². The monoisotopic (exact) mass is 713 g/mol. The zero-order valence-electron chi connectivity index (χ0n) is 30.1. The summed E-state index contributed by atoms with van der Waals surface area (Å²) in [6.07, 6.45) is 0. The average molecular weight is 714 g/mol. The zero-order chi connectivity index (χ0) is 36.7. The molecule has 0 atom stereocenters. The minimum Gasteiger partial charge on any atom is -0.309 e. The van der Waals surface area contributed by atoms with Gasteiger partial charge in [-0.15, -0.1) is 0 Å². The van der Waals surface area contributed by atoms with Crippen LogP contribution in [0, 0.1) is 0 Å². The summed E-state index contributed by atoms with van der Waals surface area (Å²) in [6, 6.07) is 66.6. The molecule has 0 fully saturated rings. The Morgan fingerprint density at radius 3 is 1.48 bits per heavy atom. The molecule has 0 aliphatic heterocycles. The molecule has 0 spiro atoms. The first kappa shape index (κ1) is 30.8. The predicted molar refractivity (Wildman–Crippen MR) is 232 cm³/mol. The molecule has 12 aromatic rings. The van der Waals surface area contributed by atoms with Crippen molar-refractivity contribution < 1.29 is 0 Å². The van der Waals surface area contributed by atoms with Crippen LogP contribution in [0.5, 0.6) is 0 Å². The van der Waals surface area contributed by atoms with Crippen molar-refractivity contribution >= 4 is 75.9 Å². The van der Waals surface area contributed by atoms with Crippen LogP contribution in [0.1, 0.15) is 0 Å². The molecule has 0 aliphatic rings. The molecule has 3 aromatic heterocycles. The molecule has 0 aliphatic carbocycles. The van der Waals surface area contributed by atoms with E-state index < -0.39 is 0 Å². The summed E-state index contributed by atoms with van der Waals surface area (Å²) in [6.45, 7) is 0. The van der Waals surface area contributed by atoms with Gasteiger partial charge in [0.15, 0.2) is 11.6 Å². The van der Waals surface area contributed by atoms with Gasteiger partial charge in [-0.2, -0.15) is 9.97 Å². The average Bonchev–Trinajstić information content (AvgIpc) is 3.81. The summed E-state index contributed by atoms with van der Waals surface area (Å²) in [7, 11) is 0. The second-order valence-corrected chi connectivity index (χ2v) is 14.4. The van der Waals surface area contributed by atoms with Crippen molar-refractivity contribution in [1.82, 2.24) is 24.1 Å². The van der Waals surface area contributed by atoms with E-state index in [9.17, 15) is 0 Å². The summed E-state index contributed by atoms with van der Waals surface area (Å²) in [4.78, 5) is 15.9. The fourth-order valence-electron chi connectivity index (χ4n) is 8.97. The van der Waals surface area contributed by atoms with E-state index in [1.54, 1.807) is 0 Å². The maximum Gasteiger partial charge on any atom is 0.238 e. The van der Waals surface area contributed by atoms with Gasteiger partial charge in [0.1, 0.15) is 0 Å². The van der Waals surface area contributed by atoms with Crippen LogP contribution in [0.25, 0.3) is 110 Å². The van der Waals surface area contributed by atoms with Crippen LogP contribution in [0.3, 0.4) is 0 Å². The third kappa shape index (κ3) is 4.39. The van der Waals surface area contributed by atoms with Gasteiger partial charge in [-0.3, -0.25) is 4.57 Å². The molecule has 56 heavy (non-hydrogen) atoms. The molecule has 260 valence electrons. The van der Waals surface area contributed by atoms with E-state index in [4.69, 9.17) is 15.0 Å². The fourth-order valence-corrected chi connectivity index (χ4v) is 8.97. The van der Waals surface area contributed by atoms with Crippen molar-refractivity contribution in [2.75, 3.05) is 0 Å². The maximum absolute atomic E-state index is 5.39. The summed E-state index contributed by atoms with van der Waals surface area (Å²) in [5.41, 5.74) is 7.41. The first-order chi connectivity index (χ1) is 27.8. The molecule has 0 bridgehead atoms. The molecular weight excluding hydrogens is 683 g/mol. The van der Waals surface area contributed by atoms with Crippen molar-refractivity contribution in [1.29, 1.82) is 0 Å². The molecule has 0 radical (unpaired) electrons. The molecule has 12 rings (SSSR count). The van der Waals surface area contributed by atoms with Crippen molar-refractivity contribution in [2.45, 2.75) is 0 Å². The number of fused-ring (bicyclic) bond motifs is 14. The molecule has 0 saturated carbocycles. The number of hydrogen-bond donors (Lipinski definition) is 0. The second kappa shape index (κ2) is 11.9. The maximum atomic E-state index is 5.39. The molecule has 9 aromatic carbocycles. The van der Waals surface area contributed by atoms with Crippen molar-refractivity contribution in [2.24, 2.45) is 0 Å². The topological polar surface area (TPSA) is 48.5 Å². The molecule has 0 amide bonds. The van der Waals surface area contributed by atoms with E-state index in [1.165, 1.54) is 43.2 Å². The van der Waals surface area contributed by atoms with E-state index in [-0.39, 0.29) is 0 Å². The van der Waals surface area contributed by atoms with Crippen molar-refractivity contribution in [3.63, 3.8) is 0 Å². The summed E-state index contributed by atoms with van der Waals surface area (Å²) >= 11 is 0. The minimum atomic E-state index is 0.576. The number of nitrogens with zero attached hydrogens (tertiary/aromatic N) is 5. The summed E-state index contributed by atoms with van der Waals surface area (Å²) in [5, 5.41) is 11.8. The highest BCUT2D eigenvalue weighted by atomic mass is 15.2. The molecule has 0 saturated heterocycles. The standard InChI is InChI=1S/C51H31N5/c1-4-17-33(18-5-1)49-52-50(34-19-6-2-7-20-34)54-51(53-49)56-47-40-27-15-13-25-38(40)37-24-12-14-26-39(37)44(47)41-30-31-43-45(48(41)56)42-29-28-32-16-10-11-23-36(32)46(42)55(43)35-21-8-3-9-22-35/h1-31H. The Labute approximate surface area is 321 Å². The third-order valence-corrected chi connectivity index (χ3v) is 11.3. The van der Waals surface area contributed by atoms with Gasteiger partial charge in [-0.1, -0.05) is 170 Å². The summed E-state index contributed by atoms with van der Waals surface area (Å²) < 4.78 is 4.77. The number of aromatic nitrogens is 5. The first-order valence-corrected chi connectivity index (χ1v) is 19.0. The van der Waals surface area contributed by atoms with Crippen LogP contribution in [0.4, 0.5) is 0 Å². The van der Waals surface area contributed by atoms with Crippen molar-refractivity contribution in [3.8, 4) is 34.4 Å². The molecule has 3 heterocycles. The molecule has 0 N–H and O–H groups in total. The van der Waals surface area contributed by atoms with Gasteiger partial charge in [0, 0.05) is 49.1 Å². The number of rotatable bonds is 4. The zero-order valence-corrected chi connectivity index (χ0v) is 30.1. The second-order valence-electron chi connectivity index (χ2n) is 14.4. The van der Waals surface area contributed by atoms with Crippen LogP contribution >= 0.6 is 0 Å². The Morgan fingerprint density at radius 1 is 0.304 bits per heavy atom. The lowest BCUT2D eigenvalue weighted by Gasteiger charge is -2.13. The van der Waals surface area contributed by atoms with Gasteiger partial charge in [0.05, 0.1) is 22.1 Å². The van der Waals surface area contributed by atoms with Gasteiger partial charge >= 0.3 is 0 Å². The lowest BCUT2D eigenvalue weighted by molar-refractivity contribution is 0.957. The van der Waals surface area contributed by atoms with Crippen LogP contribution in [0.2, 0.25) is 0 Å². The first-order valence-electron chi connectivity index (χ1n) is 19.0. The Bertz CT molecular complexity index is 3450. The third-order valence-electron chi connectivity index (χ3n) is 11.3. The lowest BCUT2D eigenvalue weighted by Crippen LogP contribution is -2.07. The Kier molecular flexibility index (Phi) is 6.56. The van der Waals surface area contributed by atoms with Gasteiger partial charge in [-0.25, -0.2) is 4.98 Å². The number of benzene rings is 9. The van der Waals surface area contributed by atoms with Gasteiger partial charge in [-0.05, 0) is 39.7 Å². The Morgan fingerprint density at radius 2 is 0.804 bits per heavy atom. The molecule has 0 unspecified atom stereocenters. The van der Waals surface area contributed by atoms with E-state index in [2.05, 4.69) is 161 Å². The molecule has 5 nitrogen and oxygen atoms in total. The molecular formula is C51H31N5. The Hall–Kier alpha value is -7.63. The fraction of sp³-hybridized carbons (Fsp3) is 0. The van der Waals surface area contributed by atoms with Crippen molar-refractivity contribution in [3.05, 3.63) is 188 Å². The SMILES string of the molecule is c1ccc(-c2nc(-c3ccccc3)nc(-n3c4c5ccccc5c5ccccc5c4c4ccc5c(c6ccc7ccccc7c6n5-c5ccccc5)c43)n2)cc1. The quantitative estimate of drug-likeness (QED) is 0.171. The van der Waals surface area contributed by atoms with E-state index in [0.29, 0.717) is 17.6 Å². The predicted octanol–water partition coefficient (Wildman–Crippen LogP) is 12.9. The highest BCUT2D eigenvalue weighted by Crippen LogP contribution is 2.47. The number of hydrogen-bond acceptors (Lipinski definition) is 3. The highest BCUT2D eigenvalue weighted by molar-refractivity contribution is 6.36. The van der Waals surface area contributed by atoms with Gasteiger partial charge in [0.2, 0.25) is 5.95 Å². The lowest BCUT2D eigenvalue weighted by atomic mass is 9.96. The smallest absolute Gasteiger partial charge is 0.238 e. The van der Waals surface area contributed by atoms with Crippen LogP contribution < -0.4 is 0 Å². The highest BCUT2D eigenvalue weighted by Gasteiger charge is 2.26. The van der Waals surface area contributed by atoms with Crippen LogP contribution in [-0.4, -0.2) is 24.1 Å². The largest absolute Gasteiger partial charge is 0.309 e. The Balaban J connectivity index is 1.36. The van der Waals surface area contributed by atoms with Gasteiger partial charge in [0.25, 0.3) is 0 Å². The molecule has 5 heteroatoms. The van der Waals surface area contributed by atoms with Crippen LogP contribution in [-0.2, 0) is 0 Å². The van der Waals surface area contributed by atoms with E-state index in [0.717, 1.165) is 49.5 Å².